The number of aliphatic hydroxyl groups excluding tert-OH is 1. The number of para-hydroxylation sites is 1. The van der Waals surface area contributed by atoms with E-state index in [1.165, 1.54) is 23.5 Å². The lowest BCUT2D eigenvalue weighted by atomic mass is 9.95. The van der Waals surface area contributed by atoms with Gasteiger partial charge in [0.2, 0.25) is 0 Å². The summed E-state index contributed by atoms with van der Waals surface area (Å²) in [7, 11) is 0. The van der Waals surface area contributed by atoms with Crippen LogP contribution in [0.15, 0.2) is 59.0 Å². The molecular formula is C26H25FN2O3S. The number of hydrogen-bond acceptors (Lipinski definition) is 5. The molecule has 5 nitrogen and oxygen atoms in total. The monoisotopic (exact) mass is 464 g/mol. The van der Waals surface area contributed by atoms with Crippen molar-refractivity contribution in [3.05, 3.63) is 76.9 Å². The molecule has 2 unspecified atom stereocenters. The number of likely N-dealkylation sites (tertiary alicyclic amines) is 1. The van der Waals surface area contributed by atoms with Crippen LogP contribution in [0.25, 0.3) is 21.4 Å². The number of benzene rings is 2. The van der Waals surface area contributed by atoms with Gasteiger partial charge in [-0.1, -0.05) is 30.3 Å². The van der Waals surface area contributed by atoms with E-state index < -0.39 is 6.10 Å². The van der Waals surface area contributed by atoms with Gasteiger partial charge in [-0.25, -0.2) is 9.37 Å². The number of aliphatic hydroxyl groups is 1. The Morgan fingerprint density at radius 1 is 1.24 bits per heavy atom. The number of aromatic nitrogens is 1. The van der Waals surface area contributed by atoms with Crippen molar-refractivity contribution in [2.24, 2.45) is 0 Å². The van der Waals surface area contributed by atoms with Gasteiger partial charge in [0.15, 0.2) is 0 Å². The minimum atomic E-state index is -0.801. The third-order valence-electron chi connectivity index (χ3n) is 6.20. The van der Waals surface area contributed by atoms with Crippen molar-refractivity contribution >= 4 is 28.2 Å². The summed E-state index contributed by atoms with van der Waals surface area (Å²) in [5.41, 5.74) is 1.92. The second-order valence-corrected chi connectivity index (χ2v) is 9.71. The Kier molecular flexibility index (Phi) is 6.00. The van der Waals surface area contributed by atoms with E-state index in [1.807, 2.05) is 42.2 Å². The lowest BCUT2D eigenvalue weighted by Crippen LogP contribution is -2.44. The number of piperidine rings is 1. The van der Waals surface area contributed by atoms with Crippen molar-refractivity contribution in [3.63, 3.8) is 0 Å². The largest absolute Gasteiger partial charge is 0.458 e. The number of aryl methyl sites for hydroxylation is 1. The number of hydrogen-bond donors (Lipinski definition) is 1. The van der Waals surface area contributed by atoms with Crippen molar-refractivity contribution < 1.29 is 18.7 Å². The second-order valence-electron chi connectivity index (χ2n) is 8.50. The van der Waals surface area contributed by atoms with Crippen LogP contribution in [-0.2, 0) is 0 Å². The Morgan fingerprint density at radius 3 is 2.82 bits per heavy atom. The van der Waals surface area contributed by atoms with E-state index in [2.05, 4.69) is 4.98 Å². The van der Waals surface area contributed by atoms with Gasteiger partial charge in [0.05, 0.1) is 9.88 Å². The number of amides is 1. The number of fused-ring (bicyclic) bond motifs is 1. The number of furan rings is 1. The number of carbonyl (C=O) groups excluding carboxylic acids is 1. The Balaban J connectivity index is 1.39. The number of halogens is 1. The van der Waals surface area contributed by atoms with Crippen molar-refractivity contribution in [3.8, 4) is 10.4 Å². The number of carbonyl (C=O) groups is 1. The Hall–Kier alpha value is -3.03. The minimum absolute atomic E-state index is 0.113. The highest BCUT2D eigenvalue weighted by Crippen LogP contribution is 2.34. The molecule has 3 heterocycles. The Labute approximate surface area is 195 Å². The molecule has 170 valence electrons. The summed E-state index contributed by atoms with van der Waals surface area (Å²) in [6.07, 6.45) is 2.34. The van der Waals surface area contributed by atoms with E-state index in [-0.39, 0.29) is 17.8 Å². The van der Waals surface area contributed by atoms with E-state index in [0.29, 0.717) is 24.4 Å². The molecule has 0 radical (unpaired) electrons. The molecule has 33 heavy (non-hydrogen) atoms. The molecule has 0 bridgehead atoms. The molecule has 2 atom stereocenters. The SMILES string of the molecule is Cc1nc(C(=O)N2CCCCC2CC(O)c2cc3ccccc3o2)c(-c2ccc(F)cc2)s1. The quantitative estimate of drug-likeness (QED) is 0.386. The van der Waals surface area contributed by atoms with E-state index in [4.69, 9.17) is 4.42 Å². The van der Waals surface area contributed by atoms with Crippen LogP contribution >= 0.6 is 11.3 Å². The lowest BCUT2D eigenvalue weighted by Gasteiger charge is -2.36. The van der Waals surface area contributed by atoms with E-state index in [9.17, 15) is 14.3 Å². The van der Waals surface area contributed by atoms with Gasteiger partial charge >= 0.3 is 0 Å². The normalized spacial score (nSPS) is 17.4. The summed E-state index contributed by atoms with van der Waals surface area (Å²) in [6.45, 7) is 2.49. The third-order valence-corrected chi connectivity index (χ3v) is 7.22. The summed E-state index contributed by atoms with van der Waals surface area (Å²) < 4.78 is 19.3. The molecule has 1 N–H and O–H groups in total. The predicted molar refractivity (Wildman–Crippen MR) is 127 cm³/mol. The highest BCUT2D eigenvalue weighted by molar-refractivity contribution is 7.15. The molecule has 0 saturated carbocycles. The van der Waals surface area contributed by atoms with E-state index >= 15 is 0 Å². The number of nitrogens with zero attached hydrogens (tertiary/aromatic N) is 2. The minimum Gasteiger partial charge on any atom is -0.458 e. The van der Waals surface area contributed by atoms with Gasteiger partial charge in [-0.3, -0.25) is 4.79 Å². The topological polar surface area (TPSA) is 66.6 Å². The smallest absolute Gasteiger partial charge is 0.274 e. The van der Waals surface area contributed by atoms with Crippen molar-refractivity contribution in [1.29, 1.82) is 0 Å². The van der Waals surface area contributed by atoms with Crippen molar-refractivity contribution in [2.45, 2.75) is 44.8 Å². The molecule has 7 heteroatoms. The summed E-state index contributed by atoms with van der Waals surface area (Å²) in [5, 5.41) is 12.7. The van der Waals surface area contributed by atoms with Crippen LogP contribution in [-0.4, -0.2) is 33.5 Å². The van der Waals surface area contributed by atoms with Crippen LogP contribution in [0.5, 0.6) is 0 Å². The van der Waals surface area contributed by atoms with E-state index in [0.717, 1.165) is 45.7 Å². The number of thiazole rings is 1. The molecule has 1 aliphatic heterocycles. The van der Waals surface area contributed by atoms with Gasteiger partial charge < -0.3 is 14.4 Å². The summed E-state index contributed by atoms with van der Waals surface area (Å²) in [4.78, 5) is 20.8. The zero-order valence-corrected chi connectivity index (χ0v) is 19.1. The zero-order chi connectivity index (χ0) is 22.9. The molecule has 2 aromatic heterocycles. The molecule has 1 saturated heterocycles. The first kappa shape index (κ1) is 21.8. The molecular weight excluding hydrogens is 439 g/mol. The number of rotatable bonds is 5. The van der Waals surface area contributed by atoms with Crippen LogP contribution in [0.2, 0.25) is 0 Å². The first-order valence-corrected chi connectivity index (χ1v) is 12.0. The summed E-state index contributed by atoms with van der Waals surface area (Å²) >= 11 is 1.43. The van der Waals surface area contributed by atoms with Crippen LogP contribution in [0.1, 0.15) is 53.0 Å². The predicted octanol–water partition coefficient (Wildman–Crippen LogP) is 6.12. The average molecular weight is 465 g/mol. The maximum absolute atomic E-state index is 13.6. The van der Waals surface area contributed by atoms with Crippen LogP contribution in [0.4, 0.5) is 4.39 Å². The van der Waals surface area contributed by atoms with Gasteiger partial charge in [0.1, 0.15) is 29.0 Å². The van der Waals surface area contributed by atoms with Crippen LogP contribution < -0.4 is 0 Å². The van der Waals surface area contributed by atoms with Crippen LogP contribution in [0, 0.1) is 12.7 Å². The molecule has 1 fully saturated rings. The summed E-state index contributed by atoms with van der Waals surface area (Å²) in [6, 6.07) is 15.6. The average Bonchev–Trinajstić information content (AvgIpc) is 3.43. The molecule has 5 rings (SSSR count). The zero-order valence-electron chi connectivity index (χ0n) is 18.3. The van der Waals surface area contributed by atoms with Crippen molar-refractivity contribution in [2.75, 3.05) is 6.54 Å². The fraction of sp³-hybridized carbons (Fsp3) is 0.308. The molecule has 1 aliphatic rings. The molecule has 4 aromatic rings. The molecule has 0 spiro atoms. The van der Waals surface area contributed by atoms with Gasteiger partial charge in [-0.2, -0.15) is 0 Å². The molecule has 1 amide bonds. The second kappa shape index (κ2) is 9.08. The van der Waals surface area contributed by atoms with Crippen molar-refractivity contribution in [1.82, 2.24) is 9.88 Å². The van der Waals surface area contributed by atoms with Gasteiger partial charge in [0, 0.05) is 24.4 Å². The fourth-order valence-electron chi connectivity index (χ4n) is 4.56. The van der Waals surface area contributed by atoms with E-state index in [1.54, 1.807) is 12.1 Å². The molecule has 2 aromatic carbocycles. The highest BCUT2D eigenvalue weighted by Gasteiger charge is 2.33. The lowest BCUT2D eigenvalue weighted by molar-refractivity contribution is 0.0457. The third kappa shape index (κ3) is 4.43. The van der Waals surface area contributed by atoms with Gasteiger partial charge in [-0.15, -0.1) is 11.3 Å². The Bertz CT molecular complexity index is 1250. The van der Waals surface area contributed by atoms with Gasteiger partial charge in [0.25, 0.3) is 5.91 Å². The summed E-state index contributed by atoms with van der Waals surface area (Å²) in [5.74, 6) is 0.0643. The maximum atomic E-state index is 13.6. The standard InChI is InChI=1S/C26H25FN2O3S/c1-16-28-24(25(33-16)17-9-11-19(27)12-10-17)26(31)29-13-5-4-7-20(29)15-21(30)23-14-18-6-2-3-8-22(18)32-23/h2-3,6,8-12,14,20-21,30H,4-5,7,13,15H2,1H3. The first-order chi connectivity index (χ1) is 16.0. The van der Waals surface area contributed by atoms with Gasteiger partial charge in [-0.05, 0) is 56.0 Å². The molecule has 0 aliphatic carbocycles. The maximum Gasteiger partial charge on any atom is 0.274 e. The fourth-order valence-corrected chi connectivity index (χ4v) is 5.47. The highest BCUT2D eigenvalue weighted by atomic mass is 32.1. The van der Waals surface area contributed by atoms with Crippen LogP contribution in [0.3, 0.4) is 0 Å². The first-order valence-electron chi connectivity index (χ1n) is 11.2. The Morgan fingerprint density at radius 2 is 2.03 bits per heavy atom.